The van der Waals surface area contributed by atoms with Crippen LogP contribution >= 0.6 is 0 Å². The van der Waals surface area contributed by atoms with E-state index in [2.05, 4.69) is 42.5 Å². The number of carbonyl (C=O) groups is 1. The van der Waals surface area contributed by atoms with Gasteiger partial charge in [-0.3, -0.25) is 4.79 Å². The number of benzene rings is 2. The predicted octanol–water partition coefficient (Wildman–Crippen LogP) is 7.88. The fraction of sp³-hybridized carbons (Fsp3) is 0.400. The van der Waals surface area contributed by atoms with Crippen LogP contribution in [0.4, 0.5) is 0 Å². The lowest BCUT2D eigenvalue weighted by molar-refractivity contribution is -0.200. The number of Topliss-reactive ketones (excluding diaryl/α,β-unsaturated/α-hetero) is 1. The second-order valence-corrected chi connectivity index (χ2v) is 19.5. The Bertz CT molecular complexity index is 1770. The SMILES string of the molecule is CC(C)(C)C(=O)c1cn(COCC[Si](C)(C)C)c2ncc(-c3cn(C4COC(c5ccccc5)OC4)c4ccccc34)nc12. The van der Waals surface area contributed by atoms with E-state index in [4.69, 9.17) is 24.2 Å². The highest BCUT2D eigenvalue weighted by atomic mass is 28.3. The zero-order valence-electron chi connectivity index (χ0n) is 26.5. The van der Waals surface area contributed by atoms with Crippen LogP contribution in [-0.4, -0.2) is 52.8 Å². The average molecular weight is 611 g/mol. The summed E-state index contributed by atoms with van der Waals surface area (Å²) in [7, 11) is -1.22. The number of rotatable bonds is 9. The van der Waals surface area contributed by atoms with E-state index in [1.54, 1.807) is 6.20 Å². The lowest BCUT2D eigenvalue weighted by atomic mass is 9.87. The van der Waals surface area contributed by atoms with E-state index in [1.807, 2.05) is 74.0 Å². The van der Waals surface area contributed by atoms with Gasteiger partial charge in [-0.1, -0.05) is 88.9 Å². The number of nitrogens with zero attached hydrogens (tertiary/aromatic N) is 4. The highest BCUT2D eigenvalue weighted by Gasteiger charge is 2.29. The highest BCUT2D eigenvalue weighted by molar-refractivity contribution is 6.76. The molecule has 0 amide bonds. The normalized spacial score (nSPS) is 17.9. The Kier molecular flexibility index (Phi) is 8.32. The molecule has 6 rings (SSSR count). The van der Waals surface area contributed by atoms with Crippen molar-refractivity contribution in [3.63, 3.8) is 0 Å². The Morgan fingerprint density at radius 1 is 1.00 bits per heavy atom. The van der Waals surface area contributed by atoms with E-state index >= 15 is 0 Å². The fourth-order valence-electron chi connectivity index (χ4n) is 5.56. The molecule has 9 heteroatoms. The molecule has 0 radical (unpaired) electrons. The summed E-state index contributed by atoms with van der Waals surface area (Å²) in [5, 5.41) is 1.06. The molecule has 1 saturated heterocycles. The molecule has 1 aliphatic rings. The Labute approximate surface area is 260 Å². The number of para-hydroxylation sites is 1. The number of aromatic nitrogens is 4. The summed E-state index contributed by atoms with van der Waals surface area (Å²) < 4.78 is 22.5. The van der Waals surface area contributed by atoms with Gasteiger partial charge in [0.1, 0.15) is 12.2 Å². The van der Waals surface area contributed by atoms with Crippen molar-refractivity contribution < 1.29 is 19.0 Å². The monoisotopic (exact) mass is 610 g/mol. The van der Waals surface area contributed by atoms with E-state index in [1.165, 1.54) is 0 Å². The Hall–Kier alpha value is -3.63. The number of ether oxygens (including phenoxy) is 3. The molecule has 230 valence electrons. The molecule has 0 spiro atoms. The summed E-state index contributed by atoms with van der Waals surface area (Å²) in [6.45, 7) is 14.9. The molecular weight excluding hydrogens is 568 g/mol. The van der Waals surface area contributed by atoms with Crippen molar-refractivity contribution in [2.45, 2.75) is 65.5 Å². The van der Waals surface area contributed by atoms with Crippen LogP contribution in [0.3, 0.4) is 0 Å². The maximum Gasteiger partial charge on any atom is 0.184 e. The summed E-state index contributed by atoms with van der Waals surface area (Å²) in [5.74, 6) is 0.0294. The first-order valence-corrected chi connectivity index (χ1v) is 19.1. The summed E-state index contributed by atoms with van der Waals surface area (Å²) in [6.07, 6.45) is 5.41. The molecular formula is C35H42N4O4Si. The molecule has 0 atom stereocenters. The van der Waals surface area contributed by atoms with Gasteiger partial charge in [0, 0.05) is 54.5 Å². The van der Waals surface area contributed by atoms with Gasteiger partial charge in [0.15, 0.2) is 17.7 Å². The molecule has 0 unspecified atom stereocenters. The van der Waals surface area contributed by atoms with Crippen LogP contribution in [0.25, 0.3) is 33.3 Å². The maximum absolute atomic E-state index is 13.6. The van der Waals surface area contributed by atoms with Crippen molar-refractivity contribution in [3.05, 3.63) is 84.3 Å². The number of carbonyl (C=O) groups excluding carboxylic acids is 1. The van der Waals surface area contributed by atoms with Gasteiger partial charge in [-0.2, -0.15) is 0 Å². The Morgan fingerprint density at radius 3 is 2.41 bits per heavy atom. The third-order valence-corrected chi connectivity index (χ3v) is 9.78. The van der Waals surface area contributed by atoms with Crippen LogP contribution < -0.4 is 0 Å². The first kappa shape index (κ1) is 30.4. The van der Waals surface area contributed by atoms with Crippen molar-refractivity contribution in [1.82, 2.24) is 19.1 Å². The third kappa shape index (κ3) is 6.28. The maximum atomic E-state index is 13.6. The van der Waals surface area contributed by atoms with Crippen LogP contribution in [0, 0.1) is 5.41 Å². The van der Waals surface area contributed by atoms with Crippen LogP contribution in [0.5, 0.6) is 0 Å². The lowest BCUT2D eigenvalue weighted by Crippen LogP contribution is -2.29. The number of fused-ring (bicyclic) bond motifs is 2. The molecule has 5 aromatic rings. The minimum atomic E-state index is -1.22. The number of hydrogen-bond acceptors (Lipinski definition) is 6. The van der Waals surface area contributed by atoms with Crippen molar-refractivity contribution >= 4 is 35.9 Å². The van der Waals surface area contributed by atoms with E-state index in [0.29, 0.717) is 49.0 Å². The Morgan fingerprint density at radius 2 is 1.70 bits per heavy atom. The van der Waals surface area contributed by atoms with E-state index in [0.717, 1.165) is 28.1 Å². The van der Waals surface area contributed by atoms with Crippen LogP contribution in [0.15, 0.2) is 73.2 Å². The first-order valence-electron chi connectivity index (χ1n) is 15.4. The molecule has 2 aromatic carbocycles. The summed E-state index contributed by atoms with van der Waals surface area (Å²) >= 11 is 0. The van der Waals surface area contributed by atoms with E-state index < -0.39 is 13.5 Å². The van der Waals surface area contributed by atoms with Crippen molar-refractivity contribution in [1.29, 1.82) is 0 Å². The minimum absolute atomic E-state index is 0.00211. The summed E-state index contributed by atoms with van der Waals surface area (Å²) in [6, 6.07) is 19.4. The Balaban J connectivity index is 1.34. The molecule has 1 fully saturated rings. The van der Waals surface area contributed by atoms with Crippen molar-refractivity contribution in [2.75, 3.05) is 19.8 Å². The van der Waals surface area contributed by atoms with Gasteiger partial charge < -0.3 is 23.3 Å². The van der Waals surface area contributed by atoms with Gasteiger partial charge in [0.25, 0.3) is 0 Å². The topological polar surface area (TPSA) is 80.4 Å². The first-order chi connectivity index (χ1) is 21.0. The smallest absolute Gasteiger partial charge is 0.184 e. The molecule has 3 aromatic heterocycles. The zero-order chi connectivity index (χ0) is 31.1. The average Bonchev–Trinajstić information content (AvgIpc) is 3.57. The quantitative estimate of drug-likeness (QED) is 0.0960. The minimum Gasteiger partial charge on any atom is -0.361 e. The van der Waals surface area contributed by atoms with Crippen molar-refractivity contribution in [3.8, 4) is 11.3 Å². The fourth-order valence-corrected chi connectivity index (χ4v) is 6.32. The largest absolute Gasteiger partial charge is 0.361 e. The molecule has 0 aliphatic carbocycles. The van der Waals surface area contributed by atoms with Gasteiger partial charge >= 0.3 is 0 Å². The molecule has 4 heterocycles. The summed E-state index contributed by atoms with van der Waals surface area (Å²) in [5.41, 5.74) is 5.01. The lowest BCUT2D eigenvalue weighted by Gasteiger charge is -2.31. The molecule has 0 N–H and O–H groups in total. The molecule has 44 heavy (non-hydrogen) atoms. The molecule has 1 aliphatic heterocycles. The second-order valence-electron chi connectivity index (χ2n) is 13.9. The summed E-state index contributed by atoms with van der Waals surface area (Å²) in [4.78, 5) is 23.6. The number of hydrogen-bond donors (Lipinski definition) is 0. The van der Waals surface area contributed by atoms with Crippen LogP contribution in [0.1, 0.15) is 49.0 Å². The van der Waals surface area contributed by atoms with Crippen LogP contribution in [-0.2, 0) is 20.9 Å². The molecule has 0 saturated carbocycles. The molecule has 8 nitrogen and oxygen atoms in total. The highest BCUT2D eigenvalue weighted by Crippen LogP contribution is 2.36. The second kappa shape index (κ2) is 12.0. The van der Waals surface area contributed by atoms with Gasteiger partial charge in [-0.15, -0.1) is 0 Å². The molecule has 0 bridgehead atoms. The van der Waals surface area contributed by atoms with Crippen molar-refractivity contribution in [2.24, 2.45) is 5.41 Å². The third-order valence-electron chi connectivity index (χ3n) is 8.08. The predicted molar refractivity (Wildman–Crippen MR) is 176 cm³/mol. The van der Waals surface area contributed by atoms with E-state index in [-0.39, 0.29) is 18.1 Å². The number of ketones is 1. The standard InChI is InChI=1S/C35H42N4O4Si/c1-35(2,3)32(40)28-19-38(23-41-16-17-44(4,5)6)33-31(28)37-29(18-36-33)27-20-39(30-15-11-10-14-26(27)30)25-21-42-34(43-22-25)24-12-8-7-9-13-24/h7-15,18-20,25,34H,16-17,21-23H2,1-6H3. The van der Waals surface area contributed by atoms with Crippen LogP contribution in [0.2, 0.25) is 25.7 Å². The van der Waals surface area contributed by atoms with Gasteiger partial charge in [0.2, 0.25) is 0 Å². The van der Waals surface area contributed by atoms with Gasteiger partial charge in [-0.05, 0) is 12.1 Å². The van der Waals surface area contributed by atoms with E-state index in [9.17, 15) is 4.79 Å². The van der Waals surface area contributed by atoms with Gasteiger partial charge in [-0.25, -0.2) is 9.97 Å². The zero-order valence-corrected chi connectivity index (χ0v) is 27.5. The van der Waals surface area contributed by atoms with Gasteiger partial charge in [0.05, 0.1) is 36.7 Å².